The van der Waals surface area contributed by atoms with Gasteiger partial charge in [-0.1, -0.05) is 51.9 Å². The van der Waals surface area contributed by atoms with E-state index < -0.39 is 0 Å². The van der Waals surface area contributed by atoms with Crippen molar-refractivity contribution >= 4 is 0 Å². The third-order valence-electron chi connectivity index (χ3n) is 6.50. The summed E-state index contributed by atoms with van der Waals surface area (Å²) < 4.78 is 65.6. The summed E-state index contributed by atoms with van der Waals surface area (Å²) in [5.74, 6) is 0. The maximum absolute atomic E-state index is 5.62. The van der Waals surface area contributed by atoms with E-state index in [2.05, 4.69) is 6.92 Å². The van der Waals surface area contributed by atoms with E-state index in [4.69, 9.17) is 62.6 Å². The van der Waals surface area contributed by atoms with Crippen LogP contribution in [0.3, 0.4) is 0 Å². The van der Waals surface area contributed by atoms with Crippen LogP contribution < -0.4 is 5.73 Å². The zero-order valence-corrected chi connectivity index (χ0v) is 29.8. The molecule has 0 aliphatic rings. The second kappa shape index (κ2) is 45.5. The molecule has 0 spiro atoms. The van der Waals surface area contributed by atoms with Crippen molar-refractivity contribution in [3.63, 3.8) is 0 Å². The Morgan fingerprint density at radius 2 is 0.426 bits per heavy atom. The normalized spacial score (nSPS) is 11.6. The standard InChI is InChI=1S/C34H71NO12/c1-2-3-4-5-6-7-8-9-11-36-13-15-38-17-19-40-21-23-42-25-27-44-29-31-46-33-34-47-32-30-45-28-26-43-24-22-41-20-18-39-16-14-37-12-10-35/h2-35H2,1H3. The van der Waals surface area contributed by atoms with E-state index in [0.717, 1.165) is 13.0 Å². The molecule has 0 saturated carbocycles. The third-order valence-corrected chi connectivity index (χ3v) is 6.50. The van der Waals surface area contributed by atoms with Crippen LogP contribution in [0.5, 0.6) is 0 Å². The van der Waals surface area contributed by atoms with Crippen molar-refractivity contribution in [2.45, 2.75) is 58.3 Å². The minimum absolute atomic E-state index is 0.517. The molecule has 13 nitrogen and oxygen atoms in total. The zero-order valence-electron chi connectivity index (χ0n) is 29.8. The maximum Gasteiger partial charge on any atom is 0.0701 e. The van der Waals surface area contributed by atoms with E-state index >= 15 is 0 Å². The first-order chi connectivity index (χ1) is 23.4. The van der Waals surface area contributed by atoms with Gasteiger partial charge in [-0.05, 0) is 6.42 Å². The van der Waals surface area contributed by atoms with Crippen molar-refractivity contribution in [3.8, 4) is 0 Å². The zero-order chi connectivity index (χ0) is 33.8. The summed E-state index contributed by atoms with van der Waals surface area (Å²) in [5, 5.41) is 0. The molecule has 0 aromatic carbocycles. The Kier molecular flexibility index (Phi) is 45.0. The minimum atomic E-state index is 0.517. The van der Waals surface area contributed by atoms with Gasteiger partial charge in [-0.2, -0.15) is 0 Å². The highest BCUT2D eigenvalue weighted by Crippen LogP contribution is 2.08. The van der Waals surface area contributed by atoms with E-state index in [0.29, 0.717) is 159 Å². The van der Waals surface area contributed by atoms with Gasteiger partial charge < -0.3 is 62.6 Å². The highest BCUT2D eigenvalue weighted by Gasteiger charge is 1.97. The molecule has 0 saturated heterocycles. The molecule has 0 atom stereocenters. The fraction of sp³-hybridized carbons (Fsp3) is 1.00. The van der Waals surface area contributed by atoms with E-state index in [-0.39, 0.29) is 0 Å². The lowest BCUT2D eigenvalue weighted by molar-refractivity contribution is -0.0283. The van der Waals surface area contributed by atoms with Crippen LogP contribution in [0.15, 0.2) is 0 Å². The molecule has 0 rings (SSSR count). The highest BCUT2D eigenvalue weighted by molar-refractivity contribution is 4.46. The van der Waals surface area contributed by atoms with Crippen LogP contribution >= 0.6 is 0 Å². The number of ether oxygens (including phenoxy) is 12. The largest absolute Gasteiger partial charge is 0.379 e. The lowest BCUT2D eigenvalue weighted by atomic mass is 10.1. The van der Waals surface area contributed by atoms with Crippen molar-refractivity contribution in [3.05, 3.63) is 0 Å². The van der Waals surface area contributed by atoms with Crippen molar-refractivity contribution in [2.24, 2.45) is 5.73 Å². The Balaban J connectivity index is 3.03. The van der Waals surface area contributed by atoms with Crippen molar-refractivity contribution in [1.82, 2.24) is 0 Å². The molecule has 0 amide bonds. The summed E-state index contributed by atoms with van der Waals surface area (Å²) in [6.45, 7) is 16.1. The van der Waals surface area contributed by atoms with Gasteiger partial charge in [-0.25, -0.2) is 0 Å². The smallest absolute Gasteiger partial charge is 0.0701 e. The number of rotatable bonds is 44. The van der Waals surface area contributed by atoms with Crippen LogP contribution in [0, 0.1) is 0 Å². The van der Waals surface area contributed by atoms with Gasteiger partial charge in [0.15, 0.2) is 0 Å². The molecule has 0 aliphatic carbocycles. The summed E-state index contributed by atoms with van der Waals surface area (Å²) in [6.07, 6.45) is 10.5. The average Bonchev–Trinajstić information content (AvgIpc) is 3.08. The SMILES string of the molecule is CCCCCCCCCCOCCOCCOCCOCCOCCOCCOCCOCCOCCOCCOCCOCCN. The fourth-order valence-electron chi connectivity index (χ4n) is 3.94. The Morgan fingerprint density at radius 3 is 0.660 bits per heavy atom. The third kappa shape index (κ3) is 45.5. The van der Waals surface area contributed by atoms with Gasteiger partial charge in [-0.15, -0.1) is 0 Å². The van der Waals surface area contributed by atoms with Crippen molar-refractivity contribution < 1.29 is 56.8 Å². The second-order valence-electron chi connectivity index (χ2n) is 10.6. The minimum Gasteiger partial charge on any atom is -0.379 e. The first-order valence-corrected chi connectivity index (χ1v) is 18.0. The van der Waals surface area contributed by atoms with E-state index in [1.54, 1.807) is 0 Å². The summed E-state index contributed by atoms with van der Waals surface area (Å²) in [7, 11) is 0. The average molecular weight is 686 g/mol. The maximum atomic E-state index is 5.62. The van der Waals surface area contributed by atoms with Gasteiger partial charge in [0.25, 0.3) is 0 Å². The first-order valence-electron chi connectivity index (χ1n) is 18.0. The van der Waals surface area contributed by atoms with Crippen LogP contribution in [0.2, 0.25) is 0 Å². The summed E-state index contributed by atoms with van der Waals surface area (Å²) in [6, 6.07) is 0. The van der Waals surface area contributed by atoms with Crippen molar-refractivity contribution in [1.29, 1.82) is 0 Å². The molecular formula is C34H71NO12. The van der Waals surface area contributed by atoms with Gasteiger partial charge in [0.2, 0.25) is 0 Å². The molecule has 47 heavy (non-hydrogen) atoms. The molecule has 2 N–H and O–H groups in total. The van der Waals surface area contributed by atoms with Crippen molar-refractivity contribution in [2.75, 3.05) is 165 Å². The molecule has 284 valence electrons. The van der Waals surface area contributed by atoms with Crippen LogP contribution in [0.4, 0.5) is 0 Å². The van der Waals surface area contributed by atoms with Gasteiger partial charge in [-0.3, -0.25) is 0 Å². The monoisotopic (exact) mass is 685 g/mol. The molecule has 0 unspecified atom stereocenters. The van der Waals surface area contributed by atoms with Crippen LogP contribution in [-0.4, -0.2) is 165 Å². The quantitative estimate of drug-likeness (QED) is 0.0941. The molecule has 0 radical (unpaired) electrons. The predicted molar refractivity (Wildman–Crippen MR) is 181 cm³/mol. The molecular weight excluding hydrogens is 614 g/mol. The van der Waals surface area contributed by atoms with Gasteiger partial charge in [0.1, 0.15) is 0 Å². The summed E-state index contributed by atoms with van der Waals surface area (Å²) in [5.41, 5.74) is 5.33. The Hall–Kier alpha value is -0.520. The van der Waals surface area contributed by atoms with Gasteiger partial charge in [0, 0.05) is 13.2 Å². The number of hydrogen-bond acceptors (Lipinski definition) is 13. The fourth-order valence-corrected chi connectivity index (χ4v) is 3.94. The Bertz CT molecular complexity index is 495. The molecule has 0 aromatic rings. The number of hydrogen-bond donors (Lipinski definition) is 1. The van der Waals surface area contributed by atoms with E-state index in [1.165, 1.54) is 44.9 Å². The summed E-state index contributed by atoms with van der Waals surface area (Å²) >= 11 is 0. The lowest BCUT2D eigenvalue weighted by Crippen LogP contribution is -2.15. The highest BCUT2D eigenvalue weighted by atomic mass is 16.6. The van der Waals surface area contributed by atoms with Crippen LogP contribution in [0.25, 0.3) is 0 Å². The van der Waals surface area contributed by atoms with E-state index in [1.807, 2.05) is 0 Å². The van der Waals surface area contributed by atoms with Crippen LogP contribution in [-0.2, 0) is 56.8 Å². The Labute approximate surface area is 285 Å². The molecule has 0 aromatic heterocycles. The van der Waals surface area contributed by atoms with Gasteiger partial charge in [0.05, 0.1) is 152 Å². The topological polar surface area (TPSA) is 137 Å². The second-order valence-corrected chi connectivity index (χ2v) is 10.6. The molecule has 13 heteroatoms. The van der Waals surface area contributed by atoms with E-state index in [9.17, 15) is 0 Å². The predicted octanol–water partition coefficient (Wildman–Crippen LogP) is 3.29. The number of nitrogens with two attached hydrogens (primary N) is 1. The summed E-state index contributed by atoms with van der Waals surface area (Å²) in [4.78, 5) is 0. The first kappa shape index (κ1) is 46.5. The molecule has 0 aliphatic heterocycles. The lowest BCUT2D eigenvalue weighted by Gasteiger charge is -2.09. The molecule has 0 fully saturated rings. The number of unbranched alkanes of at least 4 members (excludes halogenated alkanes) is 7. The molecule has 0 heterocycles. The Morgan fingerprint density at radius 1 is 0.234 bits per heavy atom. The van der Waals surface area contributed by atoms with Gasteiger partial charge >= 0.3 is 0 Å². The molecule has 0 bridgehead atoms. The van der Waals surface area contributed by atoms with Crippen LogP contribution in [0.1, 0.15) is 58.3 Å².